The van der Waals surface area contributed by atoms with Gasteiger partial charge in [-0.2, -0.15) is 0 Å². The van der Waals surface area contributed by atoms with Crippen LogP contribution in [0.15, 0.2) is 47.0 Å². The Morgan fingerprint density at radius 3 is 2.59 bits per heavy atom. The number of hydrogen-bond donors (Lipinski definition) is 1. The van der Waals surface area contributed by atoms with E-state index in [-0.39, 0.29) is 11.4 Å². The van der Waals surface area contributed by atoms with Gasteiger partial charge >= 0.3 is 0 Å². The number of hydrogen-bond acceptors (Lipinski definition) is 5. The van der Waals surface area contributed by atoms with Crippen LogP contribution in [-0.4, -0.2) is 53.8 Å². The number of carbonyl (C=O) groups is 2. The molecule has 1 aromatic carbocycles. The molecule has 0 spiro atoms. The summed E-state index contributed by atoms with van der Waals surface area (Å²) in [5, 5.41) is 13.0. The van der Waals surface area contributed by atoms with Crippen LogP contribution >= 0.6 is 34.5 Å². The molecule has 0 radical (unpaired) electrons. The van der Waals surface area contributed by atoms with E-state index < -0.39 is 17.7 Å². The molecule has 1 aliphatic rings. The second kappa shape index (κ2) is 8.02. The number of nitrogens with zero attached hydrogens (tertiary/aromatic N) is 2. The van der Waals surface area contributed by atoms with Crippen LogP contribution in [-0.2, 0) is 4.79 Å². The second-order valence-electron chi connectivity index (χ2n) is 6.45. The Labute approximate surface area is 171 Å². The number of Topliss-reactive ketones (excluding diaryl/α,β-unsaturated/α-hetero) is 1. The Balaban J connectivity index is 2.08. The summed E-state index contributed by atoms with van der Waals surface area (Å²) in [7, 11) is 3.78. The van der Waals surface area contributed by atoms with E-state index in [9.17, 15) is 14.7 Å². The van der Waals surface area contributed by atoms with Crippen molar-refractivity contribution in [3.8, 4) is 0 Å². The summed E-state index contributed by atoms with van der Waals surface area (Å²) >= 11 is 13.4. The number of likely N-dealkylation sites (N-methyl/N-ethyl adjacent to an activating group) is 1. The molecule has 5 nitrogen and oxygen atoms in total. The van der Waals surface area contributed by atoms with E-state index in [1.165, 1.54) is 16.2 Å². The number of amides is 1. The van der Waals surface area contributed by atoms with Crippen molar-refractivity contribution in [1.82, 2.24) is 9.80 Å². The fourth-order valence-electron chi connectivity index (χ4n) is 2.99. The monoisotopic (exact) mass is 424 g/mol. The van der Waals surface area contributed by atoms with Gasteiger partial charge < -0.3 is 14.9 Å². The molecule has 3 rings (SSSR count). The van der Waals surface area contributed by atoms with Crippen molar-refractivity contribution in [3.05, 3.63) is 67.5 Å². The number of ketones is 1. The van der Waals surface area contributed by atoms with Crippen LogP contribution in [0.1, 0.15) is 21.3 Å². The fourth-order valence-corrected chi connectivity index (χ4v) is 3.98. The van der Waals surface area contributed by atoms with Crippen LogP contribution in [0.2, 0.25) is 10.0 Å². The highest BCUT2D eigenvalue weighted by molar-refractivity contribution is 7.12. The lowest BCUT2D eigenvalue weighted by atomic mass is 9.95. The molecule has 0 fully saturated rings. The van der Waals surface area contributed by atoms with Crippen LogP contribution in [0, 0.1) is 0 Å². The molecule has 27 heavy (non-hydrogen) atoms. The lowest BCUT2D eigenvalue weighted by Gasteiger charge is -2.28. The van der Waals surface area contributed by atoms with Crippen LogP contribution in [0.4, 0.5) is 0 Å². The van der Waals surface area contributed by atoms with Gasteiger partial charge in [-0.1, -0.05) is 35.3 Å². The van der Waals surface area contributed by atoms with Crippen molar-refractivity contribution in [2.24, 2.45) is 0 Å². The third-order valence-corrected chi connectivity index (χ3v) is 5.95. The molecule has 1 atom stereocenters. The standard InChI is InChI=1S/C19H18Cl2N2O3S/c1-22(2)7-8-23-16(11-5-6-12(20)13(21)10-11)15(18(25)19(23)26)17(24)14-4-3-9-27-14/h3-6,9-10,16,25H,7-8H2,1-2H3/t16-/m1/s1. The van der Waals surface area contributed by atoms with Gasteiger partial charge in [0.05, 0.1) is 26.5 Å². The molecule has 1 N–H and O–H groups in total. The molecule has 0 bridgehead atoms. The molecule has 8 heteroatoms. The van der Waals surface area contributed by atoms with Gasteiger partial charge in [0.15, 0.2) is 5.76 Å². The van der Waals surface area contributed by atoms with Gasteiger partial charge in [-0.25, -0.2) is 0 Å². The molecule has 0 unspecified atom stereocenters. The molecule has 142 valence electrons. The minimum atomic E-state index is -0.721. The smallest absolute Gasteiger partial charge is 0.290 e. The largest absolute Gasteiger partial charge is 0.503 e. The number of carbonyl (C=O) groups excluding carboxylic acids is 2. The third-order valence-electron chi connectivity index (χ3n) is 4.34. The summed E-state index contributed by atoms with van der Waals surface area (Å²) in [4.78, 5) is 29.6. The van der Waals surface area contributed by atoms with E-state index in [1.807, 2.05) is 19.0 Å². The maximum absolute atomic E-state index is 13.0. The SMILES string of the molecule is CN(C)CCN1C(=O)C(O)=C(C(=O)c2cccs2)[C@H]1c1ccc(Cl)c(Cl)c1. The van der Waals surface area contributed by atoms with Crippen molar-refractivity contribution < 1.29 is 14.7 Å². The molecular weight excluding hydrogens is 407 g/mol. The van der Waals surface area contributed by atoms with Crippen molar-refractivity contribution in [1.29, 1.82) is 0 Å². The van der Waals surface area contributed by atoms with Crippen molar-refractivity contribution >= 4 is 46.2 Å². The van der Waals surface area contributed by atoms with Crippen molar-refractivity contribution in [3.63, 3.8) is 0 Å². The summed E-state index contributed by atoms with van der Waals surface area (Å²) in [6.45, 7) is 0.930. The fraction of sp³-hybridized carbons (Fsp3) is 0.263. The minimum absolute atomic E-state index is 0.0691. The molecule has 2 heterocycles. The maximum atomic E-state index is 13.0. The lowest BCUT2D eigenvalue weighted by Crippen LogP contribution is -2.36. The first-order chi connectivity index (χ1) is 12.8. The van der Waals surface area contributed by atoms with E-state index in [0.717, 1.165) is 0 Å². The average Bonchev–Trinajstić information content (AvgIpc) is 3.24. The zero-order valence-corrected chi connectivity index (χ0v) is 17.1. The molecule has 0 saturated carbocycles. The average molecular weight is 425 g/mol. The molecule has 1 amide bonds. The number of aliphatic hydroxyl groups is 1. The number of thiophene rings is 1. The predicted molar refractivity (Wildman–Crippen MR) is 108 cm³/mol. The number of rotatable bonds is 6. The normalized spacial score (nSPS) is 17.3. The number of benzene rings is 1. The summed E-state index contributed by atoms with van der Waals surface area (Å²) in [5.41, 5.74) is 0.694. The Morgan fingerprint density at radius 1 is 1.26 bits per heavy atom. The zero-order chi connectivity index (χ0) is 19.7. The lowest BCUT2D eigenvalue weighted by molar-refractivity contribution is -0.129. The van der Waals surface area contributed by atoms with Gasteiger partial charge in [0, 0.05) is 13.1 Å². The van der Waals surface area contributed by atoms with Crippen molar-refractivity contribution in [2.45, 2.75) is 6.04 Å². The summed E-state index contributed by atoms with van der Waals surface area (Å²) in [6, 6.07) is 7.68. The highest BCUT2D eigenvalue weighted by Crippen LogP contribution is 2.40. The highest BCUT2D eigenvalue weighted by atomic mass is 35.5. The Bertz CT molecular complexity index is 910. The van der Waals surface area contributed by atoms with E-state index in [0.29, 0.717) is 33.6 Å². The van der Waals surface area contributed by atoms with E-state index in [1.54, 1.807) is 35.7 Å². The molecule has 0 aliphatic carbocycles. The van der Waals surface area contributed by atoms with E-state index >= 15 is 0 Å². The first-order valence-corrected chi connectivity index (χ1v) is 9.86. The van der Waals surface area contributed by atoms with E-state index in [4.69, 9.17) is 23.2 Å². The Hall–Kier alpha value is -1.86. The van der Waals surface area contributed by atoms with Crippen LogP contribution in [0.25, 0.3) is 0 Å². The van der Waals surface area contributed by atoms with Crippen LogP contribution in [0.3, 0.4) is 0 Å². The van der Waals surface area contributed by atoms with Crippen molar-refractivity contribution in [2.75, 3.05) is 27.2 Å². The number of halogens is 2. The topological polar surface area (TPSA) is 60.9 Å². The molecule has 1 aliphatic heterocycles. The number of aliphatic hydroxyl groups excluding tert-OH is 1. The molecule has 1 aromatic heterocycles. The van der Waals surface area contributed by atoms with Gasteiger partial charge in [0.25, 0.3) is 5.91 Å². The van der Waals surface area contributed by atoms with Crippen LogP contribution in [0.5, 0.6) is 0 Å². The van der Waals surface area contributed by atoms with E-state index in [2.05, 4.69) is 0 Å². The molecular formula is C19H18Cl2N2O3S. The zero-order valence-electron chi connectivity index (χ0n) is 14.8. The quantitative estimate of drug-likeness (QED) is 0.705. The van der Waals surface area contributed by atoms with Gasteiger partial charge in [0.2, 0.25) is 5.78 Å². The van der Waals surface area contributed by atoms with Gasteiger partial charge in [-0.05, 0) is 43.2 Å². The first kappa shape index (κ1) is 19.9. The minimum Gasteiger partial charge on any atom is -0.503 e. The molecule has 2 aromatic rings. The summed E-state index contributed by atoms with van der Waals surface area (Å²) < 4.78 is 0. The highest BCUT2D eigenvalue weighted by Gasteiger charge is 2.43. The Kier molecular flexibility index (Phi) is 5.91. The summed E-state index contributed by atoms with van der Waals surface area (Å²) in [6.07, 6.45) is 0. The first-order valence-electron chi connectivity index (χ1n) is 8.23. The van der Waals surface area contributed by atoms with Gasteiger partial charge in [-0.15, -0.1) is 11.3 Å². The third kappa shape index (κ3) is 3.89. The van der Waals surface area contributed by atoms with Gasteiger partial charge in [0.1, 0.15) is 0 Å². The Morgan fingerprint density at radius 2 is 2.00 bits per heavy atom. The predicted octanol–water partition coefficient (Wildman–Crippen LogP) is 4.19. The van der Waals surface area contributed by atoms with Gasteiger partial charge in [-0.3, -0.25) is 9.59 Å². The molecule has 0 saturated heterocycles. The maximum Gasteiger partial charge on any atom is 0.290 e. The summed E-state index contributed by atoms with van der Waals surface area (Å²) in [5.74, 6) is -1.43. The van der Waals surface area contributed by atoms with Crippen LogP contribution < -0.4 is 0 Å². The second-order valence-corrected chi connectivity index (χ2v) is 8.21.